The van der Waals surface area contributed by atoms with Gasteiger partial charge in [0.1, 0.15) is 11.4 Å². The SMILES string of the molecule is COC(=O)CCCOc1ccccc1C1CCC(OCC2NCCCC2NC(=O)OC(C)(C)C)CC1. The second-order valence-electron chi connectivity index (χ2n) is 10.8. The number of amides is 1. The molecule has 1 saturated heterocycles. The summed E-state index contributed by atoms with van der Waals surface area (Å²) in [6, 6.07) is 8.32. The molecule has 1 aliphatic heterocycles. The maximum atomic E-state index is 12.3. The molecule has 1 saturated carbocycles. The van der Waals surface area contributed by atoms with Gasteiger partial charge in [-0.25, -0.2) is 4.79 Å². The minimum atomic E-state index is -0.510. The molecule has 3 rings (SSSR count). The first kappa shape index (κ1) is 28.3. The van der Waals surface area contributed by atoms with Crippen LogP contribution in [0.1, 0.15) is 83.6 Å². The molecule has 8 heteroatoms. The Labute approximate surface area is 215 Å². The van der Waals surface area contributed by atoms with E-state index in [9.17, 15) is 9.59 Å². The smallest absolute Gasteiger partial charge is 0.407 e. The summed E-state index contributed by atoms with van der Waals surface area (Å²) in [4.78, 5) is 23.6. The molecule has 1 heterocycles. The maximum absolute atomic E-state index is 12.3. The number of para-hydroxylation sites is 1. The van der Waals surface area contributed by atoms with Crippen molar-refractivity contribution >= 4 is 12.1 Å². The summed E-state index contributed by atoms with van der Waals surface area (Å²) >= 11 is 0. The molecule has 202 valence electrons. The number of methoxy groups -OCH3 is 1. The summed E-state index contributed by atoms with van der Waals surface area (Å²) in [6.07, 6.45) is 6.89. The van der Waals surface area contributed by atoms with Crippen LogP contribution >= 0.6 is 0 Å². The van der Waals surface area contributed by atoms with Crippen LogP contribution in [0, 0.1) is 0 Å². The van der Waals surface area contributed by atoms with Crippen LogP contribution < -0.4 is 15.4 Å². The topological polar surface area (TPSA) is 95.1 Å². The Morgan fingerprint density at radius 2 is 1.83 bits per heavy atom. The number of hydrogen-bond donors (Lipinski definition) is 2. The van der Waals surface area contributed by atoms with E-state index < -0.39 is 5.60 Å². The molecule has 0 radical (unpaired) electrons. The van der Waals surface area contributed by atoms with E-state index in [0.29, 0.717) is 32.0 Å². The van der Waals surface area contributed by atoms with Gasteiger partial charge in [0.05, 0.1) is 32.5 Å². The largest absolute Gasteiger partial charge is 0.493 e. The number of hydrogen-bond acceptors (Lipinski definition) is 7. The Morgan fingerprint density at radius 1 is 1.08 bits per heavy atom. The summed E-state index contributed by atoms with van der Waals surface area (Å²) < 4.78 is 22.5. The van der Waals surface area contributed by atoms with Gasteiger partial charge in [-0.15, -0.1) is 0 Å². The van der Waals surface area contributed by atoms with Crippen molar-refractivity contribution in [1.29, 1.82) is 0 Å². The minimum Gasteiger partial charge on any atom is -0.493 e. The minimum absolute atomic E-state index is 0.00754. The fourth-order valence-corrected chi connectivity index (χ4v) is 4.99. The molecule has 1 aromatic carbocycles. The molecule has 2 fully saturated rings. The van der Waals surface area contributed by atoms with E-state index in [2.05, 4.69) is 22.8 Å². The Balaban J connectivity index is 1.44. The van der Waals surface area contributed by atoms with Crippen molar-refractivity contribution in [2.75, 3.05) is 26.9 Å². The highest BCUT2D eigenvalue weighted by molar-refractivity contribution is 5.69. The first-order chi connectivity index (χ1) is 17.2. The van der Waals surface area contributed by atoms with Gasteiger partial charge in [-0.05, 0) is 89.8 Å². The standard InChI is InChI=1S/C28H44N2O6/c1-28(2,3)36-27(32)30-23-10-7-17-29-24(23)19-35-21-15-13-20(14-16-21)22-9-5-6-11-25(22)34-18-8-12-26(31)33-4/h5-6,9,11,20-21,23-24,29H,7-8,10,12-19H2,1-4H3,(H,30,32). The van der Waals surface area contributed by atoms with Crippen molar-refractivity contribution in [1.82, 2.24) is 10.6 Å². The third kappa shape index (κ3) is 9.28. The van der Waals surface area contributed by atoms with E-state index in [0.717, 1.165) is 50.8 Å². The van der Waals surface area contributed by atoms with Crippen LogP contribution in [0.2, 0.25) is 0 Å². The normalized spacial score (nSPS) is 24.6. The molecule has 2 unspecified atom stereocenters. The lowest BCUT2D eigenvalue weighted by Crippen LogP contribution is -2.56. The monoisotopic (exact) mass is 504 g/mol. The lowest BCUT2D eigenvalue weighted by Gasteiger charge is -2.36. The van der Waals surface area contributed by atoms with Crippen molar-refractivity contribution in [3.63, 3.8) is 0 Å². The highest BCUT2D eigenvalue weighted by Crippen LogP contribution is 2.38. The third-order valence-electron chi connectivity index (χ3n) is 6.84. The van der Waals surface area contributed by atoms with E-state index >= 15 is 0 Å². The molecule has 0 aromatic heterocycles. The van der Waals surface area contributed by atoms with Crippen molar-refractivity contribution in [2.24, 2.45) is 0 Å². The molecule has 1 aliphatic carbocycles. The van der Waals surface area contributed by atoms with Crippen LogP contribution in [-0.2, 0) is 19.0 Å². The van der Waals surface area contributed by atoms with Gasteiger partial charge in [-0.1, -0.05) is 18.2 Å². The molecule has 8 nitrogen and oxygen atoms in total. The molecule has 2 atom stereocenters. The molecule has 0 bridgehead atoms. The Bertz CT molecular complexity index is 832. The van der Waals surface area contributed by atoms with E-state index in [4.69, 9.17) is 18.9 Å². The highest BCUT2D eigenvalue weighted by atomic mass is 16.6. The zero-order chi connectivity index (χ0) is 26.0. The number of nitrogens with one attached hydrogen (secondary N) is 2. The van der Waals surface area contributed by atoms with Gasteiger partial charge in [0.2, 0.25) is 0 Å². The van der Waals surface area contributed by atoms with Gasteiger partial charge in [-0.2, -0.15) is 0 Å². The molecule has 2 aliphatic rings. The third-order valence-corrected chi connectivity index (χ3v) is 6.84. The first-order valence-corrected chi connectivity index (χ1v) is 13.4. The number of esters is 1. The van der Waals surface area contributed by atoms with Crippen LogP contribution in [0.15, 0.2) is 24.3 Å². The molecule has 1 amide bonds. The Morgan fingerprint density at radius 3 is 2.56 bits per heavy atom. The zero-order valence-corrected chi connectivity index (χ0v) is 22.3. The lowest BCUT2D eigenvalue weighted by molar-refractivity contribution is -0.140. The summed E-state index contributed by atoms with van der Waals surface area (Å²) in [6.45, 7) is 7.63. The average Bonchev–Trinajstić information content (AvgIpc) is 2.85. The average molecular weight is 505 g/mol. The van der Waals surface area contributed by atoms with E-state index in [1.807, 2.05) is 32.9 Å². The van der Waals surface area contributed by atoms with Gasteiger partial charge in [0.15, 0.2) is 0 Å². The number of carbonyl (C=O) groups is 2. The van der Waals surface area contributed by atoms with Crippen molar-refractivity contribution < 1.29 is 28.5 Å². The molecule has 2 N–H and O–H groups in total. The van der Waals surface area contributed by atoms with Gasteiger partial charge in [-0.3, -0.25) is 4.79 Å². The molecule has 36 heavy (non-hydrogen) atoms. The van der Waals surface area contributed by atoms with Gasteiger partial charge in [0.25, 0.3) is 0 Å². The first-order valence-electron chi connectivity index (χ1n) is 13.4. The van der Waals surface area contributed by atoms with Crippen LogP contribution in [0.4, 0.5) is 4.79 Å². The van der Waals surface area contributed by atoms with E-state index in [1.54, 1.807) is 0 Å². The van der Waals surface area contributed by atoms with E-state index in [-0.39, 0.29) is 30.3 Å². The number of alkyl carbamates (subject to hydrolysis) is 1. The highest BCUT2D eigenvalue weighted by Gasteiger charge is 2.30. The second kappa shape index (κ2) is 13.8. The van der Waals surface area contributed by atoms with Crippen LogP contribution in [0.25, 0.3) is 0 Å². The number of benzene rings is 1. The quantitative estimate of drug-likeness (QED) is 0.352. The molecular formula is C28H44N2O6. The van der Waals surface area contributed by atoms with Crippen molar-refractivity contribution in [2.45, 2.75) is 102 Å². The number of carbonyl (C=O) groups excluding carboxylic acids is 2. The summed E-state index contributed by atoms with van der Waals surface area (Å²) in [5.74, 6) is 1.14. The van der Waals surface area contributed by atoms with Gasteiger partial charge >= 0.3 is 12.1 Å². The number of rotatable bonds is 10. The van der Waals surface area contributed by atoms with Crippen LogP contribution in [-0.4, -0.2) is 62.7 Å². The number of ether oxygens (including phenoxy) is 4. The second-order valence-corrected chi connectivity index (χ2v) is 10.8. The summed E-state index contributed by atoms with van der Waals surface area (Å²) in [5.41, 5.74) is 0.730. The van der Waals surface area contributed by atoms with Crippen LogP contribution in [0.5, 0.6) is 5.75 Å². The fourth-order valence-electron chi connectivity index (χ4n) is 4.99. The lowest BCUT2D eigenvalue weighted by atomic mass is 9.82. The van der Waals surface area contributed by atoms with Crippen molar-refractivity contribution in [3.8, 4) is 5.75 Å². The molecule has 0 spiro atoms. The Kier molecular flexibility index (Phi) is 10.9. The summed E-state index contributed by atoms with van der Waals surface area (Å²) in [5, 5.41) is 6.55. The van der Waals surface area contributed by atoms with Gasteiger partial charge in [0, 0.05) is 12.5 Å². The predicted molar refractivity (Wildman–Crippen MR) is 138 cm³/mol. The molecular weight excluding hydrogens is 460 g/mol. The molecule has 1 aromatic rings. The summed E-state index contributed by atoms with van der Waals surface area (Å²) in [7, 11) is 1.41. The Hall–Kier alpha value is -2.32. The van der Waals surface area contributed by atoms with Gasteiger partial charge < -0.3 is 29.6 Å². The fraction of sp³-hybridized carbons (Fsp3) is 0.714. The maximum Gasteiger partial charge on any atom is 0.407 e. The zero-order valence-electron chi connectivity index (χ0n) is 22.3. The van der Waals surface area contributed by atoms with E-state index in [1.165, 1.54) is 12.7 Å². The predicted octanol–water partition coefficient (Wildman–Crippen LogP) is 4.71. The number of piperidine rings is 1. The van der Waals surface area contributed by atoms with Crippen molar-refractivity contribution in [3.05, 3.63) is 29.8 Å². The van der Waals surface area contributed by atoms with Crippen LogP contribution in [0.3, 0.4) is 0 Å².